The lowest BCUT2D eigenvalue weighted by Crippen LogP contribution is -2.65. The molecule has 2 aromatic rings. The van der Waals surface area contributed by atoms with Crippen LogP contribution in [0.2, 0.25) is 0 Å². The van der Waals surface area contributed by atoms with Crippen molar-refractivity contribution in [3.8, 4) is 16.9 Å². The molecule has 1 unspecified atom stereocenters. The van der Waals surface area contributed by atoms with Crippen molar-refractivity contribution in [3.63, 3.8) is 0 Å². The number of halogens is 1. The molecule has 1 amide bonds. The van der Waals surface area contributed by atoms with Crippen LogP contribution in [0.25, 0.3) is 11.1 Å². The first-order chi connectivity index (χ1) is 18.6. The third-order valence-electron chi connectivity index (χ3n) is 7.07. The number of ether oxygens (including phenoxy) is 5. The van der Waals surface area contributed by atoms with E-state index in [4.69, 9.17) is 23.7 Å². The maximum atomic E-state index is 14.2. The smallest absolute Gasteiger partial charge is 0.229 e. The highest BCUT2D eigenvalue weighted by Crippen LogP contribution is 2.46. The standard InChI is InChI=1S/C31H38FNO6/c1-7-15-31(16-8-2)28(35-6)26-27(38-30(4,5)37-26)29(39-31)36-24-13-12-21(14-17-33-20(3)34)25(19-24)22-10-9-11-23(32)18-22/h7-13,18-19,26-29H,1-2,14-17H2,3-6H3,(H,33,34)/t26-,27+,28+,29?/m0/s1. The van der Waals surface area contributed by atoms with Crippen LogP contribution in [0.15, 0.2) is 67.8 Å². The van der Waals surface area contributed by atoms with Crippen molar-refractivity contribution < 1.29 is 32.9 Å². The Morgan fingerprint density at radius 3 is 2.44 bits per heavy atom. The molecule has 39 heavy (non-hydrogen) atoms. The fourth-order valence-corrected chi connectivity index (χ4v) is 5.55. The zero-order valence-electron chi connectivity index (χ0n) is 23.1. The normalized spacial score (nSPS) is 24.9. The number of carbonyl (C=O) groups excluding carboxylic acids is 1. The number of nitrogens with one attached hydrogen (secondary N) is 1. The fourth-order valence-electron chi connectivity index (χ4n) is 5.55. The van der Waals surface area contributed by atoms with E-state index in [9.17, 15) is 9.18 Å². The average Bonchev–Trinajstić information content (AvgIpc) is 3.20. The Balaban J connectivity index is 1.70. The summed E-state index contributed by atoms with van der Waals surface area (Å²) in [6, 6.07) is 12.0. The van der Waals surface area contributed by atoms with Crippen molar-refractivity contribution in [1.82, 2.24) is 5.32 Å². The lowest BCUT2D eigenvalue weighted by Gasteiger charge is -2.49. The van der Waals surface area contributed by atoms with Crippen LogP contribution >= 0.6 is 0 Å². The molecule has 7 nitrogen and oxygen atoms in total. The molecule has 210 valence electrons. The third kappa shape index (κ3) is 6.41. The molecule has 0 aliphatic carbocycles. The number of fused-ring (bicyclic) bond motifs is 1. The summed E-state index contributed by atoms with van der Waals surface area (Å²) in [5.74, 6) is -0.787. The first kappa shape index (κ1) is 29.0. The molecule has 2 heterocycles. The maximum absolute atomic E-state index is 14.2. The molecule has 0 spiro atoms. The van der Waals surface area contributed by atoms with E-state index in [-0.39, 0.29) is 11.7 Å². The number of benzene rings is 2. The summed E-state index contributed by atoms with van der Waals surface area (Å²) in [5, 5.41) is 2.82. The first-order valence-electron chi connectivity index (χ1n) is 13.2. The van der Waals surface area contributed by atoms with Gasteiger partial charge < -0.3 is 29.0 Å². The summed E-state index contributed by atoms with van der Waals surface area (Å²) in [5.41, 5.74) is 1.62. The van der Waals surface area contributed by atoms with Crippen molar-refractivity contribution in [2.24, 2.45) is 0 Å². The van der Waals surface area contributed by atoms with Crippen molar-refractivity contribution >= 4 is 5.91 Å². The number of amides is 1. The van der Waals surface area contributed by atoms with E-state index in [1.54, 1.807) is 25.3 Å². The molecule has 8 heteroatoms. The van der Waals surface area contributed by atoms with Gasteiger partial charge in [-0.2, -0.15) is 0 Å². The van der Waals surface area contributed by atoms with Gasteiger partial charge in [-0.1, -0.05) is 30.4 Å². The van der Waals surface area contributed by atoms with E-state index < -0.39 is 36.0 Å². The monoisotopic (exact) mass is 539 g/mol. The second-order valence-electron chi connectivity index (χ2n) is 10.4. The lowest BCUT2D eigenvalue weighted by molar-refractivity contribution is -0.292. The summed E-state index contributed by atoms with van der Waals surface area (Å²) < 4.78 is 45.8. The quantitative estimate of drug-likeness (QED) is 0.389. The zero-order chi connectivity index (χ0) is 28.2. The Morgan fingerprint density at radius 1 is 1.08 bits per heavy atom. The molecule has 2 aliphatic rings. The van der Waals surface area contributed by atoms with Gasteiger partial charge in [0.2, 0.25) is 12.2 Å². The summed E-state index contributed by atoms with van der Waals surface area (Å²) in [7, 11) is 1.63. The number of hydrogen-bond acceptors (Lipinski definition) is 6. The third-order valence-corrected chi connectivity index (χ3v) is 7.07. The van der Waals surface area contributed by atoms with Crippen LogP contribution in [-0.2, 0) is 30.2 Å². The number of carbonyl (C=O) groups is 1. The highest BCUT2D eigenvalue weighted by Gasteiger charge is 2.61. The maximum Gasteiger partial charge on any atom is 0.229 e. The van der Waals surface area contributed by atoms with Crippen LogP contribution in [0.5, 0.6) is 5.75 Å². The van der Waals surface area contributed by atoms with Crippen LogP contribution in [0, 0.1) is 5.82 Å². The molecule has 4 atom stereocenters. The molecule has 1 N–H and O–H groups in total. The minimum Gasteiger partial charge on any atom is -0.462 e. The Labute approximate surface area is 229 Å². The fraction of sp³-hybridized carbons (Fsp3) is 0.452. The van der Waals surface area contributed by atoms with Crippen molar-refractivity contribution in [2.45, 2.75) is 76.0 Å². The van der Waals surface area contributed by atoms with Crippen molar-refractivity contribution in [3.05, 3.63) is 79.2 Å². The van der Waals surface area contributed by atoms with Gasteiger partial charge in [0.15, 0.2) is 11.9 Å². The van der Waals surface area contributed by atoms with Crippen LogP contribution < -0.4 is 10.1 Å². The number of methoxy groups -OCH3 is 1. The summed E-state index contributed by atoms with van der Waals surface area (Å²) in [6.45, 7) is 13.5. The number of hydrogen-bond donors (Lipinski definition) is 1. The molecule has 4 rings (SSSR count). The van der Waals surface area contributed by atoms with Gasteiger partial charge in [-0.05, 0) is 74.1 Å². The van der Waals surface area contributed by atoms with Gasteiger partial charge in [0.1, 0.15) is 29.4 Å². The largest absolute Gasteiger partial charge is 0.462 e. The molecule has 0 bridgehead atoms. The molecule has 2 aromatic carbocycles. The van der Waals surface area contributed by atoms with Crippen LogP contribution in [0.4, 0.5) is 4.39 Å². The van der Waals surface area contributed by atoms with Gasteiger partial charge in [0, 0.05) is 20.6 Å². The second-order valence-corrected chi connectivity index (χ2v) is 10.4. The molecule has 2 fully saturated rings. The highest BCUT2D eigenvalue weighted by atomic mass is 19.1. The molecular formula is C31H38FNO6. The van der Waals surface area contributed by atoms with Gasteiger partial charge in [-0.25, -0.2) is 4.39 Å². The van der Waals surface area contributed by atoms with E-state index >= 15 is 0 Å². The molecule has 0 aromatic heterocycles. The Hall–Kier alpha value is -3.04. The van der Waals surface area contributed by atoms with Crippen LogP contribution in [0.1, 0.15) is 39.2 Å². The second kappa shape index (κ2) is 12.0. The SMILES string of the molecule is C=CCC1(CC=C)OC(Oc2ccc(CCNC(C)=O)c(-c3cccc(F)c3)c2)[C@@H]2OC(C)(C)O[C@@H]2[C@H]1OC. The summed E-state index contributed by atoms with van der Waals surface area (Å²) >= 11 is 0. The Kier molecular flexibility index (Phi) is 8.91. The van der Waals surface area contributed by atoms with E-state index in [0.29, 0.717) is 37.1 Å². The predicted molar refractivity (Wildman–Crippen MR) is 147 cm³/mol. The van der Waals surface area contributed by atoms with E-state index in [1.165, 1.54) is 19.1 Å². The average molecular weight is 540 g/mol. The predicted octanol–water partition coefficient (Wildman–Crippen LogP) is 5.33. The van der Waals surface area contributed by atoms with Gasteiger partial charge in [0.25, 0.3) is 0 Å². The minimum absolute atomic E-state index is 0.107. The van der Waals surface area contributed by atoms with E-state index in [1.807, 2.05) is 38.1 Å². The van der Waals surface area contributed by atoms with Crippen molar-refractivity contribution in [1.29, 1.82) is 0 Å². The molecular weight excluding hydrogens is 501 g/mol. The van der Waals surface area contributed by atoms with Crippen LogP contribution in [0.3, 0.4) is 0 Å². The lowest BCUT2D eigenvalue weighted by atomic mass is 9.81. The highest BCUT2D eigenvalue weighted by molar-refractivity contribution is 5.73. The van der Waals surface area contributed by atoms with E-state index in [2.05, 4.69) is 18.5 Å². The van der Waals surface area contributed by atoms with Gasteiger partial charge in [-0.3, -0.25) is 4.79 Å². The number of rotatable bonds is 11. The van der Waals surface area contributed by atoms with Crippen molar-refractivity contribution in [2.75, 3.05) is 13.7 Å². The molecule has 0 radical (unpaired) electrons. The Bertz CT molecular complexity index is 1190. The minimum atomic E-state index is -0.865. The summed E-state index contributed by atoms with van der Waals surface area (Å²) in [4.78, 5) is 11.4. The van der Waals surface area contributed by atoms with Crippen LogP contribution in [-0.4, -0.2) is 55.6 Å². The van der Waals surface area contributed by atoms with E-state index in [0.717, 1.165) is 11.1 Å². The van der Waals surface area contributed by atoms with Gasteiger partial charge >= 0.3 is 0 Å². The topological polar surface area (TPSA) is 75.3 Å². The first-order valence-corrected chi connectivity index (χ1v) is 13.2. The Morgan fingerprint density at radius 2 is 1.79 bits per heavy atom. The summed E-state index contributed by atoms with van der Waals surface area (Å²) in [6.07, 6.45) is 2.83. The van der Waals surface area contributed by atoms with Gasteiger partial charge in [-0.15, -0.1) is 13.2 Å². The molecule has 0 saturated carbocycles. The molecule has 2 saturated heterocycles. The zero-order valence-corrected chi connectivity index (χ0v) is 23.1. The van der Waals surface area contributed by atoms with Gasteiger partial charge in [0.05, 0.1) is 0 Å². The molecule has 2 aliphatic heterocycles.